The maximum absolute atomic E-state index is 14.1. The Balaban J connectivity index is 1.57. The fourth-order valence-corrected chi connectivity index (χ4v) is 6.37. The maximum atomic E-state index is 14.1. The minimum atomic E-state index is -0.813. The molecule has 3 heterocycles. The van der Waals surface area contributed by atoms with Gasteiger partial charge in [0.2, 0.25) is 0 Å². The van der Waals surface area contributed by atoms with E-state index in [9.17, 15) is 9.59 Å². The lowest BCUT2D eigenvalue weighted by atomic mass is 9.90. The zero-order chi connectivity index (χ0) is 28.7. The fraction of sp³-hybridized carbons (Fsp3) is 0.156. The van der Waals surface area contributed by atoms with Crippen LogP contribution in [0.2, 0.25) is 5.02 Å². The summed E-state index contributed by atoms with van der Waals surface area (Å²) in [6.45, 7) is 3.70. The molecule has 0 N–H and O–H groups in total. The molecule has 0 fully saturated rings. The molecule has 7 nitrogen and oxygen atoms in total. The zero-order valence-corrected chi connectivity index (χ0v) is 24.1. The molecule has 0 radical (unpaired) electrons. The lowest BCUT2D eigenvalue weighted by molar-refractivity contribution is -0.139. The van der Waals surface area contributed by atoms with E-state index in [0.29, 0.717) is 48.5 Å². The molecule has 0 saturated carbocycles. The van der Waals surface area contributed by atoms with Gasteiger partial charge < -0.3 is 13.9 Å². The van der Waals surface area contributed by atoms with Gasteiger partial charge in [0.25, 0.3) is 5.56 Å². The van der Waals surface area contributed by atoms with Crippen LogP contribution in [-0.4, -0.2) is 24.3 Å². The van der Waals surface area contributed by atoms with Gasteiger partial charge in [-0.05, 0) is 55.0 Å². The van der Waals surface area contributed by atoms with Gasteiger partial charge in [0.15, 0.2) is 4.80 Å². The van der Waals surface area contributed by atoms with E-state index < -0.39 is 12.0 Å². The molecule has 0 spiro atoms. The highest BCUT2D eigenvalue weighted by Gasteiger charge is 2.36. The summed E-state index contributed by atoms with van der Waals surface area (Å²) in [7, 11) is 1.58. The standard InChI is InChI=1S/C32H25ClN2O5S/c1-4-39-31(37)27-18(2)34-32-35(29(27)28-23-11-6-5-8-19(23)12-14-25(28)38-3)30(36)26(41-32)17-22-13-15-24(40-22)20-9-7-10-21(33)16-20/h5-17,29H,4H2,1-3H3/b26-17-/t29-/m0/s1. The number of methoxy groups -OCH3 is 1. The van der Waals surface area contributed by atoms with E-state index >= 15 is 0 Å². The minimum Gasteiger partial charge on any atom is -0.496 e. The van der Waals surface area contributed by atoms with Crippen molar-refractivity contribution in [1.29, 1.82) is 0 Å². The van der Waals surface area contributed by atoms with Crippen LogP contribution in [0.25, 0.3) is 28.2 Å². The number of rotatable bonds is 6. The Labute approximate surface area is 244 Å². The molecule has 0 unspecified atom stereocenters. The SMILES string of the molecule is CCOC(=O)C1=C(C)N=c2s/c(=C\c3ccc(-c4cccc(Cl)c4)o3)c(=O)n2[C@@H]1c1c(OC)ccc2ccccc12. The van der Waals surface area contributed by atoms with E-state index in [1.807, 2.05) is 60.7 Å². The van der Waals surface area contributed by atoms with Gasteiger partial charge in [-0.15, -0.1) is 0 Å². The van der Waals surface area contributed by atoms with Gasteiger partial charge in [-0.25, -0.2) is 9.79 Å². The number of fused-ring (bicyclic) bond motifs is 2. The van der Waals surface area contributed by atoms with Gasteiger partial charge >= 0.3 is 5.97 Å². The first kappa shape index (κ1) is 26.8. The van der Waals surface area contributed by atoms with Crippen molar-refractivity contribution in [2.45, 2.75) is 19.9 Å². The number of carbonyl (C=O) groups excluding carboxylic acids is 1. The number of esters is 1. The minimum absolute atomic E-state index is 0.187. The molecule has 0 bridgehead atoms. The predicted molar refractivity (Wildman–Crippen MR) is 160 cm³/mol. The quantitative estimate of drug-likeness (QED) is 0.233. The van der Waals surface area contributed by atoms with Crippen LogP contribution in [-0.2, 0) is 9.53 Å². The lowest BCUT2D eigenvalue weighted by Gasteiger charge is -2.27. The van der Waals surface area contributed by atoms with Crippen LogP contribution < -0.4 is 19.6 Å². The maximum Gasteiger partial charge on any atom is 0.338 e. The molecule has 9 heteroatoms. The lowest BCUT2D eigenvalue weighted by Crippen LogP contribution is -2.40. The van der Waals surface area contributed by atoms with Gasteiger partial charge in [-0.1, -0.05) is 65.4 Å². The van der Waals surface area contributed by atoms with Crippen LogP contribution in [0.5, 0.6) is 5.75 Å². The van der Waals surface area contributed by atoms with Gasteiger partial charge in [0.05, 0.1) is 29.5 Å². The third-order valence-corrected chi connectivity index (χ3v) is 8.17. The topological polar surface area (TPSA) is 83.0 Å². The summed E-state index contributed by atoms with van der Waals surface area (Å²) in [5, 5.41) is 2.41. The molecule has 206 valence electrons. The Morgan fingerprint density at radius 3 is 2.73 bits per heavy atom. The number of benzene rings is 3. The summed E-state index contributed by atoms with van der Waals surface area (Å²) < 4.78 is 19.3. The van der Waals surface area contributed by atoms with Crippen molar-refractivity contribution in [1.82, 2.24) is 4.57 Å². The van der Waals surface area contributed by atoms with Crippen molar-refractivity contribution in [2.24, 2.45) is 4.99 Å². The fourth-order valence-electron chi connectivity index (χ4n) is 5.16. The summed E-state index contributed by atoms with van der Waals surface area (Å²) >= 11 is 7.38. The Hall–Kier alpha value is -4.40. The molecule has 41 heavy (non-hydrogen) atoms. The molecule has 6 rings (SSSR count). The van der Waals surface area contributed by atoms with Crippen molar-refractivity contribution in [2.75, 3.05) is 13.7 Å². The Morgan fingerprint density at radius 2 is 1.95 bits per heavy atom. The van der Waals surface area contributed by atoms with E-state index in [0.717, 1.165) is 16.3 Å². The van der Waals surface area contributed by atoms with Gasteiger partial charge in [-0.2, -0.15) is 0 Å². The average Bonchev–Trinajstić information content (AvgIpc) is 3.56. The second kappa shape index (κ2) is 10.9. The second-order valence-corrected chi connectivity index (χ2v) is 10.9. The summed E-state index contributed by atoms with van der Waals surface area (Å²) in [5.74, 6) is 1.16. The van der Waals surface area contributed by atoms with E-state index in [4.69, 9.17) is 25.5 Å². The van der Waals surface area contributed by atoms with Crippen molar-refractivity contribution in [3.05, 3.63) is 120 Å². The predicted octanol–water partition coefficient (Wildman–Crippen LogP) is 5.87. The molecule has 0 aliphatic carbocycles. The number of carbonyl (C=O) groups is 1. The number of hydrogen-bond acceptors (Lipinski definition) is 7. The number of aromatic nitrogens is 1. The average molecular weight is 585 g/mol. The van der Waals surface area contributed by atoms with E-state index in [2.05, 4.69) is 4.99 Å². The monoisotopic (exact) mass is 584 g/mol. The molecule has 5 aromatic rings. The van der Waals surface area contributed by atoms with Crippen LogP contribution in [0.3, 0.4) is 0 Å². The van der Waals surface area contributed by atoms with Crippen LogP contribution in [0.4, 0.5) is 0 Å². The van der Waals surface area contributed by atoms with Gasteiger partial charge in [-0.3, -0.25) is 9.36 Å². The molecule has 0 saturated heterocycles. The number of halogens is 1. The van der Waals surface area contributed by atoms with Crippen LogP contribution in [0.1, 0.15) is 31.2 Å². The second-order valence-electron chi connectivity index (χ2n) is 9.42. The first-order chi connectivity index (χ1) is 19.9. The summed E-state index contributed by atoms with van der Waals surface area (Å²) in [6.07, 6.45) is 1.69. The zero-order valence-electron chi connectivity index (χ0n) is 22.5. The highest BCUT2D eigenvalue weighted by atomic mass is 35.5. The third kappa shape index (κ3) is 4.79. The smallest absolute Gasteiger partial charge is 0.338 e. The number of ether oxygens (including phenoxy) is 2. The number of allylic oxidation sites excluding steroid dienone is 1. The van der Waals surface area contributed by atoms with Crippen molar-refractivity contribution < 1.29 is 18.7 Å². The van der Waals surface area contributed by atoms with E-state index in [-0.39, 0.29) is 12.2 Å². The number of furan rings is 1. The van der Waals surface area contributed by atoms with Crippen LogP contribution in [0, 0.1) is 0 Å². The summed E-state index contributed by atoms with van der Waals surface area (Å²) in [6, 6.07) is 21.8. The van der Waals surface area contributed by atoms with Gasteiger partial charge in [0.1, 0.15) is 23.3 Å². The molecule has 3 aromatic carbocycles. The first-order valence-corrected chi connectivity index (χ1v) is 14.2. The van der Waals surface area contributed by atoms with Crippen LogP contribution in [0.15, 0.2) is 98.3 Å². The first-order valence-electron chi connectivity index (χ1n) is 13.0. The van der Waals surface area contributed by atoms with Crippen molar-refractivity contribution in [3.8, 4) is 17.1 Å². The van der Waals surface area contributed by atoms with Crippen molar-refractivity contribution >= 4 is 45.8 Å². The Bertz CT molecular complexity index is 2030. The molecule has 1 aliphatic rings. The number of thiazole rings is 1. The Morgan fingerprint density at radius 1 is 1.12 bits per heavy atom. The van der Waals surface area contributed by atoms with Crippen LogP contribution >= 0.6 is 22.9 Å². The molecule has 1 atom stereocenters. The van der Waals surface area contributed by atoms with Crippen molar-refractivity contribution in [3.63, 3.8) is 0 Å². The summed E-state index contributed by atoms with van der Waals surface area (Å²) in [5.41, 5.74) is 2.00. The molecule has 2 aromatic heterocycles. The normalized spacial score (nSPS) is 15.1. The molecule has 0 amide bonds. The number of nitrogens with zero attached hydrogens (tertiary/aromatic N) is 2. The summed E-state index contributed by atoms with van der Waals surface area (Å²) in [4.78, 5) is 32.6. The van der Waals surface area contributed by atoms with E-state index in [1.54, 1.807) is 43.7 Å². The van der Waals surface area contributed by atoms with Gasteiger partial charge in [0, 0.05) is 22.2 Å². The molecular weight excluding hydrogens is 560 g/mol. The Kier molecular flexibility index (Phi) is 7.11. The largest absolute Gasteiger partial charge is 0.496 e. The highest BCUT2D eigenvalue weighted by molar-refractivity contribution is 7.07. The third-order valence-electron chi connectivity index (χ3n) is 6.95. The molecule has 1 aliphatic heterocycles. The molecular formula is C32H25ClN2O5S. The highest BCUT2D eigenvalue weighted by Crippen LogP contribution is 2.40. The van der Waals surface area contributed by atoms with E-state index in [1.165, 1.54) is 11.3 Å². The number of hydrogen-bond donors (Lipinski definition) is 0.